The predicted molar refractivity (Wildman–Crippen MR) is 84.0 cm³/mol. The number of carboxylic acid groups (broad SMARTS) is 1. The highest BCUT2D eigenvalue weighted by Gasteiger charge is 2.18. The van der Waals surface area contributed by atoms with Gasteiger partial charge in [0.25, 0.3) is 0 Å². The molecule has 0 amide bonds. The molecule has 1 aliphatic carbocycles. The molecule has 2 aromatic rings. The van der Waals surface area contributed by atoms with Crippen molar-refractivity contribution in [1.82, 2.24) is 5.32 Å². The average molecular weight is 279 g/mol. The maximum atomic E-state index is 11.1. The number of carbonyl (C=O) groups is 1. The van der Waals surface area contributed by atoms with Crippen molar-refractivity contribution in [3.05, 3.63) is 64.7 Å². The molecule has 0 saturated carbocycles. The lowest BCUT2D eigenvalue weighted by atomic mass is 9.96. The van der Waals surface area contributed by atoms with Gasteiger partial charge in [-0.05, 0) is 40.9 Å². The van der Waals surface area contributed by atoms with E-state index in [1.165, 1.54) is 11.1 Å². The minimum atomic E-state index is -0.830. The molecule has 0 aliphatic heterocycles. The van der Waals surface area contributed by atoms with Crippen LogP contribution in [0.3, 0.4) is 0 Å². The summed E-state index contributed by atoms with van der Waals surface area (Å²) in [5.74, 6) is -0.830. The Morgan fingerprint density at radius 3 is 2.81 bits per heavy atom. The van der Waals surface area contributed by atoms with Gasteiger partial charge in [-0.2, -0.15) is 0 Å². The van der Waals surface area contributed by atoms with E-state index in [0.29, 0.717) is 12.0 Å². The first-order valence-electron chi connectivity index (χ1n) is 6.98. The van der Waals surface area contributed by atoms with Gasteiger partial charge in [-0.15, -0.1) is 0 Å². The van der Waals surface area contributed by atoms with E-state index < -0.39 is 5.97 Å². The molecular formula is C18H17NO2. The fraction of sp³-hybridized carbons (Fsp3) is 0.167. The molecule has 2 aromatic carbocycles. The molecule has 0 bridgehead atoms. The second-order valence-corrected chi connectivity index (χ2v) is 5.25. The van der Waals surface area contributed by atoms with Crippen molar-refractivity contribution in [1.29, 1.82) is 0 Å². The Morgan fingerprint density at radius 2 is 2.05 bits per heavy atom. The van der Waals surface area contributed by atoms with E-state index in [-0.39, 0.29) is 0 Å². The number of aliphatic carboxylic acids is 1. The van der Waals surface area contributed by atoms with Crippen molar-refractivity contribution in [3.63, 3.8) is 0 Å². The highest BCUT2D eigenvalue weighted by molar-refractivity contribution is 5.95. The summed E-state index contributed by atoms with van der Waals surface area (Å²) < 4.78 is 0. The zero-order valence-electron chi connectivity index (χ0n) is 11.9. The molecule has 3 heteroatoms. The van der Waals surface area contributed by atoms with Crippen molar-refractivity contribution >= 4 is 12.0 Å². The van der Waals surface area contributed by atoms with Crippen molar-refractivity contribution in [2.75, 3.05) is 7.05 Å². The van der Waals surface area contributed by atoms with Gasteiger partial charge in [0, 0.05) is 18.5 Å². The first-order chi connectivity index (χ1) is 10.2. The van der Waals surface area contributed by atoms with E-state index in [1.807, 2.05) is 25.2 Å². The van der Waals surface area contributed by atoms with Gasteiger partial charge in [0.2, 0.25) is 0 Å². The SMILES string of the molecule is CNCc1ccccc1-c1ccc2c(c1)CC(C(=O)O)=C2. The molecule has 0 atom stereocenters. The summed E-state index contributed by atoms with van der Waals surface area (Å²) in [5, 5.41) is 12.3. The van der Waals surface area contributed by atoms with Crippen LogP contribution in [0.4, 0.5) is 0 Å². The topological polar surface area (TPSA) is 49.3 Å². The monoisotopic (exact) mass is 279 g/mol. The summed E-state index contributed by atoms with van der Waals surface area (Å²) >= 11 is 0. The van der Waals surface area contributed by atoms with Gasteiger partial charge >= 0.3 is 5.97 Å². The van der Waals surface area contributed by atoms with Gasteiger partial charge in [-0.25, -0.2) is 4.79 Å². The van der Waals surface area contributed by atoms with Crippen molar-refractivity contribution < 1.29 is 9.90 Å². The van der Waals surface area contributed by atoms with Crippen molar-refractivity contribution in [3.8, 4) is 11.1 Å². The van der Waals surface area contributed by atoms with E-state index in [4.69, 9.17) is 5.11 Å². The standard InChI is InChI=1S/C18H17NO2/c1-19-11-14-4-2-3-5-17(14)13-7-6-12-8-16(18(20)21)10-15(12)9-13/h2-9,19H,10-11H2,1H3,(H,20,21). The predicted octanol–water partition coefficient (Wildman–Crippen LogP) is 3.10. The largest absolute Gasteiger partial charge is 0.478 e. The Labute approximate surface area is 123 Å². The van der Waals surface area contributed by atoms with Gasteiger partial charge < -0.3 is 10.4 Å². The highest BCUT2D eigenvalue weighted by Crippen LogP contribution is 2.31. The van der Waals surface area contributed by atoms with Crippen molar-refractivity contribution in [2.24, 2.45) is 0 Å². The van der Waals surface area contributed by atoms with Gasteiger partial charge in [0.1, 0.15) is 0 Å². The van der Waals surface area contributed by atoms with E-state index in [2.05, 4.69) is 29.6 Å². The fourth-order valence-corrected chi connectivity index (χ4v) is 2.79. The molecule has 1 aliphatic rings. The molecule has 21 heavy (non-hydrogen) atoms. The summed E-state index contributed by atoms with van der Waals surface area (Å²) in [6.07, 6.45) is 2.27. The molecule has 106 valence electrons. The molecule has 2 N–H and O–H groups in total. The summed E-state index contributed by atoms with van der Waals surface area (Å²) in [4.78, 5) is 11.1. The number of hydrogen-bond acceptors (Lipinski definition) is 2. The van der Waals surface area contributed by atoms with Gasteiger partial charge in [0.15, 0.2) is 0 Å². The van der Waals surface area contributed by atoms with E-state index in [1.54, 1.807) is 6.08 Å². The molecule has 0 radical (unpaired) electrons. The van der Waals surface area contributed by atoms with Crippen LogP contribution < -0.4 is 5.32 Å². The number of nitrogens with one attached hydrogen (secondary N) is 1. The molecule has 0 saturated heterocycles. The van der Waals surface area contributed by atoms with E-state index >= 15 is 0 Å². The molecule has 0 unspecified atom stereocenters. The van der Waals surface area contributed by atoms with Gasteiger partial charge in [-0.3, -0.25) is 0 Å². The number of benzene rings is 2. The third-order valence-electron chi connectivity index (χ3n) is 3.82. The third-order valence-corrected chi connectivity index (χ3v) is 3.82. The Balaban J connectivity index is 1.98. The summed E-state index contributed by atoms with van der Waals surface area (Å²) in [6, 6.07) is 14.5. The van der Waals surface area contributed by atoms with Crippen LogP contribution in [-0.4, -0.2) is 18.1 Å². The minimum Gasteiger partial charge on any atom is -0.478 e. The number of fused-ring (bicyclic) bond motifs is 1. The molecular weight excluding hydrogens is 262 g/mol. The zero-order chi connectivity index (χ0) is 14.8. The van der Waals surface area contributed by atoms with Crippen LogP contribution >= 0.6 is 0 Å². The minimum absolute atomic E-state index is 0.464. The average Bonchev–Trinajstić information content (AvgIpc) is 2.91. The Kier molecular flexibility index (Phi) is 3.59. The molecule has 0 fully saturated rings. The molecule has 3 nitrogen and oxygen atoms in total. The van der Waals surface area contributed by atoms with Crippen LogP contribution in [0.25, 0.3) is 17.2 Å². The van der Waals surface area contributed by atoms with Crippen LogP contribution in [0.2, 0.25) is 0 Å². The summed E-state index contributed by atoms with van der Waals surface area (Å²) in [6.45, 7) is 0.811. The quantitative estimate of drug-likeness (QED) is 0.904. The number of hydrogen-bond donors (Lipinski definition) is 2. The molecule has 0 aromatic heterocycles. The molecule has 0 heterocycles. The summed E-state index contributed by atoms with van der Waals surface area (Å²) in [7, 11) is 1.93. The first kappa shape index (κ1) is 13.6. The Hall–Kier alpha value is -2.39. The van der Waals surface area contributed by atoms with Crippen LogP contribution in [0.15, 0.2) is 48.0 Å². The molecule has 3 rings (SSSR count). The van der Waals surface area contributed by atoms with Crippen LogP contribution in [0.5, 0.6) is 0 Å². The molecule has 0 spiro atoms. The van der Waals surface area contributed by atoms with Crippen molar-refractivity contribution in [2.45, 2.75) is 13.0 Å². The third kappa shape index (κ3) is 2.60. The fourth-order valence-electron chi connectivity index (χ4n) is 2.79. The normalized spacial score (nSPS) is 12.9. The summed E-state index contributed by atoms with van der Waals surface area (Å²) in [5.41, 5.74) is 6.14. The highest BCUT2D eigenvalue weighted by atomic mass is 16.4. The zero-order valence-corrected chi connectivity index (χ0v) is 11.9. The maximum absolute atomic E-state index is 11.1. The number of carboxylic acids is 1. The lowest BCUT2D eigenvalue weighted by Crippen LogP contribution is -2.06. The van der Waals surface area contributed by atoms with Gasteiger partial charge in [0.05, 0.1) is 0 Å². The number of rotatable bonds is 4. The van der Waals surface area contributed by atoms with E-state index in [0.717, 1.165) is 23.2 Å². The second-order valence-electron chi connectivity index (χ2n) is 5.25. The Bertz CT molecular complexity index is 732. The first-order valence-corrected chi connectivity index (χ1v) is 6.98. The second kappa shape index (κ2) is 5.54. The Morgan fingerprint density at radius 1 is 1.24 bits per heavy atom. The van der Waals surface area contributed by atoms with Crippen LogP contribution in [0, 0.1) is 0 Å². The lowest BCUT2D eigenvalue weighted by molar-refractivity contribution is -0.132. The van der Waals surface area contributed by atoms with Gasteiger partial charge in [-0.1, -0.05) is 42.5 Å². The van der Waals surface area contributed by atoms with E-state index in [9.17, 15) is 4.79 Å². The lowest BCUT2D eigenvalue weighted by Gasteiger charge is -2.11. The maximum Gasteiger partial charge on any atom is 0.331 e. The van der Waals surface area contributed by atoms with Crippen LogP contribution in [-0.2, 0) is 17.8 Å². The van der Waals surface area contributed by atoms with Crippen LogP contribution in [0.1, 0.15) is 16.7 Å². The smallest absolute Gasteiger partial charge is 0.331 e.